The van der Waals surface area contributed by atoms with Crippen LogP contribution in [0.4, 0.5) is 0 Å². The van der Waals surface area contributed by atoms with Gasteiger partial charge in [-0.05, 0) is 35.6 Å². The van der Waals surface area contributed by atoms with Crippen LogP contribution in [0.1, 0.15) is 18.4 Å². The van der Waals surface area contributed by atoms with Crippen molar-refractivity contribution in [2.24, 2.45) is 5.73 Å². The lowest BCUT2D eigenvalue weighted by Gasteiger charge is -2.31. The van der Waals surface area contributed by atoms with Crippen molar-refractivity contribution in [1.82, 2.24) is 5.32 Å². The molecule has 1 aliphatic heterocycles. The minimum Gasteiger partial charge on any atom is -0.381 e. The Balaban J connectivity index is 1.61. The quantitative estimate of drug-likeness (QED) is 0.907. The second-order valence-corrected chi connectivity index (χ2v) is 5.91. The van der Waals surface area contributed by atoms with Crippen LogP contribution in [-0.4, -0.2) is 31.2 Å². The predicted molar refractivity (Wildman–Crippen MR) is 87.6 cm³/mol. The number of carbonyl (C=O) groups excluding carboxylic acids is 1. The van der Waals surface area contributed by atoms with Crippen molar-refractivity contribution in [3.63, 3.8) is 0 Å². The Labute approximate surface area is 130 Å². The van der Waals surface area contributed by atoms with Gasteiger partial charge in [0.15, 0.2) is 0 Å². The molecule has 0 radical (unpaired) electrons. The molecular weight excluding hydrogens is 276 g/mol. The molecule has 0 saturated carbocycles. The van der Waals surface area contributed by atoms with E-state index in [1.165, 1.54) is 16.3 Å². The third kappa shape index (κ3) is 3.13. The average molecular weight is 298 g/mol. The molecule has 0 bridgehead atoms. The van der Waals surface area contributed by atoms with Crippen molar-refractivity contribution in [2.75, 3.05) is 19.8 Å². The third-order valence-corrected chi connectivity index (χ3v) is 4.40. The maximum atomic E-state index is 12.3. The summed E-state index contributed by atoms with van der Waals surface area (Å²) in [6.07, 6.45) is 1.99. The second kappa shape index (κ2) is 6.46. The van der Waals surface area contributed by atoms with Crippen molar-refractivity contribution in [1.29, 1.82) is 0 Å². The summed E-state index contributed by atoms with van der Waals surface area (Å²) in [5.74, 6) is -0.0592. The summed E-state index contributed by atoms with van der Waals surface area (Å²) < 4.78 is 5.28. The Morgan fingerprint density at radius 2 is 1.86 bits per heavy atom. The van der Waals surface area contributed by atoms with E-state index >= 15 is 0 Å². The summed E-state index contributed by atoms with van der Waals surface area (Å²) in [5.41, 5.74) is 6.66. The number of ether oxygens (including phenoxy) is 1. The Hall–Kier alpha value is -1.91. The topological polar surface area (TPSA) is 64.4 Å². The minimum absolute atomic E-state index is 0.0592. The summed E-state index contributed by atoms with van der Waals surface area (Å²) in [6.45, 7) is 1.73. The molecule has 0 aliphatic carbocycles. The number of benzene rings is 2. The highest BCUT2D eigenvalue weighted by Crippen LogP contribution is 2.19. The SMILES string of the molecule is NC1(C(=O)NCCc2cccc3ccccc23)CCOCC1. The molecule has 0 aromatic heterocycles. The molecule has 0 unspecified atom stereocenters. The number of nitrogens with one attached hydrogen (secondary N) is 1. The second-order valence-electron chi connectivity index (χ2n) is 5.91. The zero-order valence-corrected chi connectivity index (χ0v) is 12.7. The molecule has 2 aromatic carbocycles. The number of carbonyl (C=O) groups is 1. The van der Waals surface area contributed by atoms with E-state index < -0.39 is 5.54 Å². The summed E-state index contributed by atoms with van der Waals surface area (Å²) in [4.78, 5) is 12.3. The molecule has 1 aliphatic rings. The Morgan fingerprint density at radius 3 is 2.68 bits per heavy atom. The van der Waals surface area contributed by atoms with Gasteiger partial charge in [0.1, 0.15) is 0 Å². The first kappa shape index (κ1) is 15.0. The van der Waals surface area contributed by atoms with E-state index in [0.29, 0.717) is 32.6 Å². The lowest BCUT2D eigenvalue weighted by Crippen LogP contribution is -2.57. The van der Waals surface area contributed by atoms with Crippen molar-refractivity contribution in [3.05, 3.63) is 48.0 Å². The van der Waals surface area contributed by atoms with Gasteiger partial charge in [0.25, 0.3) is 0 Å². The number of hydrogen-bond donors (Lipinski definition) is 2. The summed E-state index contributed by atoms with van der Waals surface area (Å²) in [5, 5.41) is 5.46. The molecule has 2 aromatic rings. The van der Waals surface area contributed by atoms with Crippen LogP contribution in [0.5, 0.6) is 0 Å². The van der Waals surface area contributed by atoms with E-state index in [1.54, 1.807) is 0 Å². The lowest BCUT2D eigenvalue weighted by molar-refractivity contribution is -0.129. The van der Waals surface area contributed by atoms with Gasteiger partial charge < -0.3 is 15.8 Å². The lowest BCUT2D eigenvalue weighted by atomic mass is 9.90. The van der Waals surface area contributed by atoms with Crippen molar-refractivity contribution in [2.45, 2.75) is 24.8 Å². The highest BCUT2D eigenvalue weighted by atomic mass is 16.5. The molecule has 22 heavy (non-hydrogen) atoms. The van der Waals surface area contributed by atoms with Gasteiger partial charge in [-0.2, -0.15) is 0 Å². The van der Waals surface area contributed by atoms with Gasteiger partial charge in [0.2, 0.25) is 5.91 Å². The molecule has 1 heterocycles. The van der Waals surface area contributed by atoms with Gasteiger partial charge in [-0.25, -0.2) is 0 Å². The molecule has 1 amide bonds. The standard InChI is InChI=1S/C18H22N2O2/c19-18(9-12-22-13-10-18)17(21)20-11-8-15-6-3-5-14-4-1-2-7-16(14)15/h1-7H,8-13,19H2,(H,20,21). The number of rotatable bonds is 4. The Bertz CT molecular complexity index is 658. The summed E-state index contributed by atoms with van der Waals surface area (Å²) in [6, 6.07) is 14.6. The molecule has 1 saturated heterocycles. The number of hydrogen-bond acceptors (Lipinski definition) is 3. The molecule has 4 nitrogen and oxygen atoms in total. The molecule has 1 fully saturated rings. The monoisotopic (exact) mass is 298 g/mol. The third-order valence-electron chi connectivity index (χ3n) is 4.40. The zero-order chi connectivity index (χ0) is 15.4. The van der Waals surface area contributed by atoms with Gasteiger partial charge >= 0.3 is 0 Å². The summed E-state index contributed by atoms with van der Waals surface area (Å²) >= 11 is 0. The number of amides is 1. The maximum absolute atomic E-state index is 12.3. The van der Waals surface area contributed by atoms with E-state index in [-0.39, 0.29) is 5.91 Å². The molecule has 4 heteroatoms. The van der Waals surface area contributed by atoms with E-state index in [2.05, 4.69) is 35.6 Å². The molecule has 3 rings (SSSR count). The van der Waals surface area contributed by atoms with Crippen LogP contribution in [0.3, 0.4) is 0 Å². The van der Waals surface area contributed by atoms with Gasteiger partial charge in [0.05, 0.1) is 5.54 Å². The zero-order valence-electron chi connectivity index (χ0n) is 12.7. The maximum Gasteiger partial charge on any atom is 0.240 e. The van der Waals surface area contributed by atoms with E-state index in [4.69, 9.17) is 10.5 Å². The van der Waals surface area contributed by atoms with Crippen LogP contribution < -0.4 is 11.1 Å². The Morgan fingerprint density at radius 1 is 1.14 bits per heavy atom. The highest BCUT2D eigenvalue weighted by molar-refractivity contribution is 5.87. The molecule has 116 valence electrons. The predicted octanol–water partition coefficient (Wildman–Crippen LogP) is 2.01. The first-order valence-corrected chi connectivity index (χ1v) is 7.81. The largest absolute Gasteiger partial charge is 0.381 e. The Kier molecular flexibility index (Phi) is 4.41. The van der Waals surface area contributed by atoms with Crippen molar-refractivity contribution < 1.29 is 9.53 Å². The van der Waals surface area contributed by atoms with Crippen molar-refractivity contribution in [3.8, 4) is 0 Å². The summed E-state index contributed by atoms with van der Waals surface area (Å²) in [7, 11) is 0. The fourth-order valence-electron chi connectivity index (χ4n) is 2.96. The fraction of sp³-hybridized carbons (Fsp3) is 0.389. The molecular formula is C18H22N2O2. The first-order chi connectivity index (χ1) is 10.7. The van der Waals surface area contributed by atoms with Crippen LogP contribution in [0.15, 0.2) is 42.5 Å². The van der Waals surface area contributed by atoms with Gasteiger partial charge in [0, 0.05) is 19.8 Å². The smallest absolute Gasteiger partial charge is 0.240 e. The van der Waals surface area contributed by atoms with Gasteiger partial charge in [-0.3, -0.25) is 4.79 Å². The molecule has 0 atom stereocenters. The van der Waals surface area contributed by atoms with Crippen LogP contribution in [0.25, 0.3) is 10.8 Å². The van der Waals surface area contributed by atoms with Crippen LogP contribution in [-0.2, 0) is 16.0 Å². The van der Waals surface area contributed by atoms with Gasteiger partial charge in [-0.15, -0.1) is 0 Å². The minimum atomic E-state index is -0.767. The van der Waals surface area contributed by atoms with Gasteiger partial charge in [-0.1, -0.05) is 42.5 Å². The molecule has 0 spiro atoms. The van der Waals surface area contributed by atoms with E-state index in [9.17, 15) is 4.79 Å². The first-order valence-electron chi connectivity index (χ1n) is 7.81. The number of fused-ring (bicyclic) bond motifs is 1. The normalized spacial score (nSPS) is 17.3. The molecule has 3 N–H and O–H groups in total. The fourth-order valence-corrected chi connectivity index (χ4v) is 2.96. The van der Waals surface area contributed by atoms with Crippen LogP contribution >= 0.6 is 0 Å². The number of nitrogens with two attached hydrogens (primary N) is 1. The van der Waals surface area contributed by atoms with Crippen molar-refractivity contribution >= 4 is 16.7 Å². The van der Waals surface area contributed by atoms with Crippen LogP contribution in [0, 0.1) is 0 Å². The highest BCUT2D eigenvalue weighted by Gasteiger charge is 2.35. The van der Waals surface area contributed by atoms with E-state index in [1.807, 2.05) is 12.1 Å². The van der Waals surface area contributed by atoms with E-state index in [0.717, 1.165) is 6.42 Å². The average Bonchev–Trinajstić information content (AvgIpc) is 2.55. The van der Waals surface area contributed by atoms with Crippen LogP contribution in [0.2, 0.25) is 0 Å².